The molecule has 2 unspecified atom stereocenters. The van der Waals surface area contributed by atoms with E-state index < -0.39 is 34.8 Å². The summed E-state index contributed by atoms with van der Waals surface area (Å²) in [6.07, 6.45) is 9.89. The molecular formula is C21H27F2InN. The molecule has 2 atom stereocenters. The SMILES string of the molecule is [CH3][In][NH]c1cc(C2=CCC(C)CC2)c(F)c(F)c1C1=CCC(C)CC1. The van der Waals surface area contributed by atoms with Crippen LogP contribution in [-0.4, -0.2) is 23.2 Å². The van der Waals surface area contributed by atoms with E-state index in [1.54, 1.807) is 0 Å². The monoisotopic (exact) mass is 446 g/mol. The van der Waals surface area contributed by atoms with Gasteiger partial charge in [0, 0.05) is 0 Å². The number of halogens is 2. The Bertz CT molecular complexity index is 708. The summed E-state index contributed by atoms with van der Waals surface area (Å²) in [5.74, 6) is -0.0548. The van der Waals surface area contributed by atoms with Gasteiger partial charge in [0.25, 0.3) is 0 Å². The van der Waals surface area contributed by atoms with E-state index >= 15 is 4.39 Å². The van der Waals surface area contributed by atoms with Crippen molar-refractivity contribution in [3.8, 4) is 0 Å². The summed E-state index contributed by atoms with van der Waals surface area (Å²) < 4.78 is 35.7. The van der Waals surface area contributed by atoms with Crippen LogP contribution in [-0.2, 0) is 0 Å². The van der Waals surface area contributed by atoms with Crippen molar-refractivity contribution in [3.63, 3.8) is 0 Å². The predicted octanol–water partition coefficient (Wildman–Crippen LogP) is 6.45. The maximum atomic E-state index is 15.1. The third-order valence-electron chi connectivity index (χ3n) is 5.52. The van der Waals surface area contributed by atoms with Gasteiger partial charge in [0.2, 0.25) is 0 Å². The fourth-order valence-corrected chi connectivity index (χ4v) is 5.38. The van der Waals surface area contributed by atoms with E-state index in [-0.39, 0.29) is 0 Å². The van der Waals surface area contributed by atoms with Gasteiger partial charge >= 0.3 is 162 Å². The van der Waals surface area contributed by atoms with E-state index in [0.29, 0.717) is 23.0 Å². The molecule has 0 amide bonds. The van der Waals surface area contributed by atoms with Gasteiger partial charge in [-0.25, -0.2) is 0 Å². The third-order valence-corrected chi connectivity index (χ3v) is 7.23. The Hall–Kier alpha value is -0.770. The Morgan fingerprint density at radius 2 is 1.56 bits per heavy atom. The first-order valence-corrected chi connectivity index (χ1v) is 14.4. The van der Waals surface area contributed by atoms with Crippen molar-refractivity contribution in [3.05, 3.63) is 41.0 Å². The number of hydrogen-bond acceptors (Lipinski definition) is 1. The number of anilines is 1. The minimum absolute atomic E-state index is 0.469. The Labute approximate surface area is 161 Å². The Morgan fingerprint density at radius 1 is 0.960 bits per heavy atom. The molecule has 0 aliphatic heterocycles. The molecule has 2 aliphatic carbocycles. The number of allylic oxidation sites excluding steroid dienone is 4. The molecule has 0 bridgehead atoms. The summed E-state index contributed by atoms with van der Waals surface area (Å²) in [5.41, 5.74) is 3.73. The van der Waals surface area contributed by atoms with Crippen LogP contribution in [0.1, 0.15) is 63.5 Å². The van der Waals surface area contributed by atoms with Crippen LogP contribution in [0.2, 0.25) is 4.68 Å². The van der Waals surface area contributed by atoms with Gasteiger partial charge in [0.05, 0.1) is 0 Å². The van der Waals surface area contributed by atoms with Crippen molar-refractivity contribution in [2.75, 3.05) is 3.30 Å². The van der Waals surface area contributed by atoms with E-state index in [2.05, 4.69) is 34.0 Å². The van der Waals surface area contributed by atoms with Crippen molar-refractivity contribution < 1.29 is 8.78 Å². The molecule has 0 fully saturated rings. The van der Waals surface area contributed by atoms with Crippen LogP contribution >= 0.6 is 0 Å². The van der Waals surface area contributed by atoms with Gasteiger partial charge in [-0.05, 0) is 0 Å². The average Bonchev–Trinajstić information content (AvgIpc) is 2.60. The third kappa shape index (κ3) is 4.15. The predicted molar refractivity (Wildman–Crippen MR) is 104 cm³/mol. The molecule has 2 aliphatic rings. The van der Waals surface area contributed by atoms with E-state index in [1.165, 1.54) is 0 Å². The quantitative estimate of drug-likeness (QED) is 0.561. The van der Waals surface area contributed by atoms with Gasteiger partial charge < -0.3 is 0 Å². The maximum absolute atomic E-state index is 15.1. The molecule has 0 aromatic heterocycles. The Kier molecular flexibility index (Phi) is 6.30. The number of benzene rings is 1. The second-order valence-corrected chi connectivity index (χ2v) is 10.1. The molecule has 0 saturated carbocycles. The van der Waals surface area contributed by atoms with Gasteiger partial charge in [-0.3, -0.25) is 0 Å². The molecule has 1 aromatic carbocycles. The van der Waals surface area contributed by atoms with E-state index in [0.717, 1.165) is 55.4 Å². The van der Waals surface area contributed by atoms with Crippen LogP contribution in [0.25, 0.3) is 11.1 Å². The van der Waals surface area contributed by atoms with Crippen LogP contribution < -0.4 is 3.30 Å². The molecule has 1 nitrogen and oxygen atoms in total. The average molecular weight is 446 g/mol. The summed E-state index contributed by atoms with van der Waals surface area (Å²) >= 11 is -0.964. The van der Waals surface area contributed by atoms with Gasteiger partial charge in [0.1, 0.15) is 0 Å². The van der Waals surface area contributed by atoms with Crippen LogP contribution in [0.4, 0.5) is 14.5 Å². The van der Waals surface area contributed by atoms with E-state index in [1.807, 2.05) is 6.07 Å². The zero-order valence-electron chi connectivity index (χ0n) is 15.5. The van der Waals surface area contributed by atoms with Crippen molar-refractivity contribution in [2.24, 2.45) is 11.8 Å². The molecule has 0 spiro atoms. The van der Waals surface area contributed by atoms with Crippen molar-refractivity contribution in [1.29, 1.82) is 0 Å². The second kappa shape index (κ2) is 8.28. The first-order chi connectivity index (χ1) is 12.0. The fraction of sp³-hybridized carbons (Fsp3) is 0.524. The molecule has 1 N–H and O–H groups in total. The Morgan fingerprint density at radius 3 is 2.08 bits per heavy atom. The van der Waals surface area contributed by atoms with Crippen LogP contribution in [0.5, 0.6) is 0 Å². The zero-order chi connectivity index (χ0) is 18.0. The Balaban J connectivity index is 2.06. The molecule has 25 heavy (non-hydrogen) atoms. The standard InChI is InChI=1S/C20H24F2N.CH3.In/c1-12-3-7-14(8-4-12)16-11-17(23)18(20(22)19(16)21)15-9-5-13(2)6-10-15;;/h7,9,11-13,23H,3-6,8,10H2,1-2H3;1H3;/q-1;;+1. The van der Waals surface area contributed by atoms with E-state index in [9.17, 15) is 4.39 Å². The van der Waals surface area contributed by atoms with Gasteiger partial charge in [-0.1, -0.05) is 0 Å². The van der Waals surface area contributed by atoms with Crippen molar-refractivity contribution in [1.82, 2.24) is 0 Å². The molecular weight excluding hydrogens is 419 g/mol. The summed E-state index contributed by atoms with van der Waals surface area (Å²) in [7, 11) is 0. The van der Waals surface area contributed by atoms with Crippen molar-refractivity contribution >= 4 is 40.0 Å². The molecule has 3 rings (SSSR count). The zero-order valence-corrected chi connectivity index (χ0v) is 18.8. The van der Waals surface area contributed by atoms with Gasteiger partial charge in [-0.15, -0.1) is 0 Å². The van der Waals surface area contributed by atoms with Crippen LogP contribution in [0.15, 0.2) is 18.2 Å². The molecule has 4 heteroatoms. The number of hydrogen-bond donors (Lipinski definition) is 1. The van der Waals surface area contributed by atoms with Crippen molar-refractivity contribution in [2.45, 2.75) is 57.1 Å². The minimum atomic E-state index is -0.964. The topological polar surface area (TPSA) is 12.0 Å². The molecule has 0 heterocycles. The van der Waals surface area contributed by atoms with Gasteiger partial charge in [-0.2, -0.15) is 0 Å². The molecule has 1 aromatic rings. The second-order valence-electron chi connectivity index (χ2n) is 7.63. The number of nitrogens with one attached hydrogen (secondary N) is 1. The van der Waals surface area contributed by atoms with Gasteiger partial charge in [0.15, 0.2) is 0 Å². The molecule has 0 saturated heterocycles. The molecule has 133 valence electrons. The van der Waals surface area contributed by atoms with Crippen LogP contribution in [0.3, 0.4) is 0 Å². The summed E-state index contributed by atoms with van der Waals surface area (Å²) in [6, 6.07) is 1.88. The fourth-order valence-electron chi connectivity index (χ4n) is 3.85. The summed E-state index contributed by atoms with van der Waals surface area (Å²) in [5, 5.41) is 0. The molecule has 1 radical (unpaired) electrons. The summed E-state index contributed by atoms with van der Waals surface area (Å²) in [6.45, 7) is 4.42. The van der Waals surface area contributed by atoms with Crippen LogP contribution in [0, 0.1) is 23.5 Å². The first kappa shape index (κ1) is 19.0. The van der Waals surface area contributed by atoms with E-state index in [4.69, 9.17) is 0 Å². The summed E-state index contributed by atoms with van der Waals surface area (Å²) in [4.78, 5) is 0. The normalized spacial score (nSPS) is 23.7. The number of rotatable bonds is 4. The first-order valence-electron chi connectivity index (χ1n) is 9.46.